The van der Waals surface area contributed by atoms with Crippen molar-refractivity contribution in [2.75, 3.05) is 7.11 Å². The van der Waals surface area contributed by atoms with E-state index in [4.69, 9.17) is 4.74 Å². The summed E-state index contributed by atoms with van der Waals surface area (Å²) in [6, 6.07) is 3.78. The fourth-order valence-corrected chi connectivity index (χ4v) is 2.43. The SMILES string of the molecule is COC(=O)C1=C(C)NC(=O)N(C(C)=O)[C@@H]1c1ccccc1F. The van der Waals surface area contributed by atoms with E-state index < -0.39 is 29.8 Å². The van der Waals surface area contributed by atoms with Crippen molar-refractivity contribution in [1.29, 1.82) is 0 Å². The van der Waals surface area contributed by atoms with Crippen molar-refractivity contribution in [3.63, 3.8) is 0 Å². The zero-order valence-corrected chi connectivity index (χ0v) is 12.3. The predicted molar refractivity (Wildman–Crippen MR) is 74.9 cm³/mol. The number of hydrogen-bond acceptors (Lipinski definition) is 4. The van der Waals surface area contributed by atoms with Crippen LogP contribution in [0.15, 0.2) is 35.5 Å². The van der Waals surface area contributed by atoms with Crippen LogP contribution >= 0.6 is 0 Å². The molecule has 0 fully saturated rings. The van der Waals surface area contributed by atoms with Gasteiger partial charge in [0.2, 0.25) is 5.91 Å². The Balaban J connectivity index is 2.71. The number of nitrogens with one attached hydrogen (secondary N) is 1. The lowest BCUT2D eigenvalue weighted by Crippen LogP contribution is -2.50. The lowest BCUT2D eigenvalue weighted by Gasteiger charge is -2.35. The molecule has 0 bridgehead atoms. The minimum Gasteiger partial charge on any atom is -0.466 e. The van der Waals surface area contributed by atoms with Gasteiger partial charge in [-0.15, -0.1) is 0 Å². The Morgan fingerprint density at radius 2 is 1.95 bits per heavy atom. The molecule has 0 aliphatic carbocycles. The summed E-state index contributed by atoms with van der Waals surface area (Å²) in [5, 5.41) is 2.42. The highest BCUT2D eigenvalue weighted by Gasteiger charge is 2.41. The molecule has 0 radical (unpaired) electrons. The third kappa shape index (κ3) is 2.57. The summed E-state index contributed by atoms with van der Waals surface area (Å²) in [6.07, 6.45) is 0. The summed E-state index contributed by atoms with van der Waals surface area (Å²) in [5.41, 5.74) is 0.289. The van der Waals surface area contributed by atoms with Gasteiger partial charge in [0, 0.05) is 18.2 Å². The van der Waals surface area contributed by atoms with Crippen molar-refractivity contribution in [3.05, 3.63) is 46.9 Å². The van der Waals surface area contributed by atoms with Gasteiger partial charge in [-0.1, -0.05) is 18.2 Å². The van der Waals surface area contributed by atoms with Gasteiger partial charge >= 0.3 is 12.0 Å². The summed E-state index contributed by atoms with van der Waals surface area (Å²) in [5.74, 6) is -1.97. The maximum Gasteiger partial charge on any atom is 0.337 e. The molecule has 0 saturated carbocycles. The van der Waals surface area contributed by atoms with Crippen LogP contribution in [0.1, 0.15) is 25.5 Å². The van der Waals surface area contributed by atoms with Crippen LogP contribution in [-0.4, -0.2) is 29.9 Å². The smallest absolute Gasteiger partial charge is 0.337 e. The highest BCUT2D eigenvalue weighted by Crippen LogP contribution is 2.35. The van der Waals surface area contributed by atoms with E-state index in [0.29, 0.717) is 0 Å². The van der Waals surface area contributed by atoms with E-state index in [1.807, 2.05) is 0 Å². The van der Waals surface area contributed by atoms with Crippen molar-refractivity contribution >= 4 is 17.9 Å². The van der Waals surface area contributed by atoms with E-state index in [1.165, 1.54) is 39.2 Å². The molecule has 1 N–H and O–H groups in total. The van der Waals surface area contributed by atoms with Crippen LogP contribution in [0.2, 0.25) is 0 Å². The van der Waals surface area contributed by atoms with Gasteiger partial charge in [0.15, 0.2) is 0 Å². The van der Waals surface area contributed by atoms with Crippen LogP contribution in [0.4, 0.5) is 9.18 Å². The average Bonchev–Trinajstić information content (AvgIpc) is 2.45. The first-order valence-electron chi connectivity index (χ1n) is 6.52. The number of benzene rings is 1. The van der Waals surface area contributed by atoms with Gasteiger partial charge < -0.3 is 10.1 Å². The van der Waals surface area contributed by atoms with E-state index >= 15 is 0 Å². The molecule has 0 saturated heterocycles. The van der Waals surface area contributed by atoms with E-state index in [1.54, 1.807) is 6.07 Å². The van der Waals surface area contributed by atoms with E-state index in [9.17, 15) is 18.8 Å². The van der Waals surface area contributed by atoms with Crippen molar-refractivity contribution in [1.82, 2.24) is 10.2 Å². The fraction of sp³-hybridized carbons (Fsp3) is 0.267. The van der Waals surface area contributed by atoms with Gasteiger partial charge in [0.25, 0.3) is 0 Å². The second-order valence-corrected chi connectivity index (χ2v) is 4.77. The van der Waals surface area contributed by atoms with Crippen LogP contribution in [-0.2, 0) is 14.3 Å². The molecule has 0 unspecified atom stereocenters. The zero-order chi connectivity index (χ0) is 16.4. The first-order chi connectivity index (χ1) is 10.4. The largest absolute Gasteiger partial charge is 0.466 e. The maximum atomic E-state index is 14.2. The maximum absolute atomic E-state index is 14.2. The Labute approximate surface area is 126 Å². The molecule has 116 valence electrons. The minimum absolute atomic E-state index is 0.0161. The van der Waals surface area contributed by atoms with Crippen LogP contribution in [0, 0.1) is 5.82 Å². The van der Waals surface area contributed by atoms with Crippen molar-refractivity contribution in [2.24, 2.45) is 0 Å². The number of methoxy groups -OCH3 is 1. The van der Waals surface area contributed by atoms with Gasteiger partial charge in [0.1, 0.15) is 11.9 Å². The molecule has 0 aromatic heterocycles. The molecule has 1 heterocycles. The zero-order valence-electron chi connectivity index (χ0n) is 12.3. The summed E-state index contributed by atoms with van der Waals surface area (Å²) in [4.78, 5) is 36.8. The number of hydrogen-bond donors (Lipinski definition) is 1. The molecular formula is C15H15FN2O4. The number of amides is 3. The molecule has 6 nitrogen and oxygen atoms in total. The second-order valence-electron chi connectivity index (χ2n) is 4.77. The van der Waals surface area contributed by atoms with E-state index in [0.717, 1.165) is 4.90 Å². The standard InChI is InChI=1S/C15H15FN2O4/c1-8-12(14(20)22-3)13(10-6-4-5-7-11(10)16)18(9(2)19)15(21)17-8/h4-7,13H,1-3H3,(H,17,21)/t13-/m1/s1. The fourth-order valence-electron chi connectivity index (χ4n) is 2.43. The predicted octanol–water partition coefficient (Wildman–Crippen LogP) is 1.89. The lowest BCUT2D eigenvalue weighted by atomic mass is 9.93. The monoisotopic (exact) mass is 306 g/mol. The van der Waals surface area contributed by atoms with Gasteiger partial charge in [0.05, 0.1) is 12.7 Å². The third-order valence-electron chi connectivity index (χ3n) is 3.39. The van der Waals surface area contributed by atoms with Gasteiger partial charge in [-0.25, -0.2) is 14.0 Å². The second kappa shape index (κ2) is 5.97. The van der Waals surface area contributed by atoms with Gasteiger partial charge in [-0.2, -0.15) is 0 Å². The Kier molecular flexibility index (Phi) is 4.25. The van der Waals surface area contributed by atoms with Crippen molar-refractivity contribution in [3.8, 4) is 0 Å². The molecule has 1 aliphatic heterocycles. The number of carbonyl (C=O) groups is 3. The van der Waals surface area contributed by atoms with Crippen LogP contribution in [0.5, 0.6) is 0 Å². The minimum atomic E-state index is -1.17. The van der Waals surface area contributed by atoms with Crippen LogP contribution < -0.4 is 5.32 Å². The number of halogens is 1. The Bertz CT molecular complexity index is 684. The molecule has 3 amide bonds. The number of imide groups is 1. The highest BCUT2D eigenvalue weighted by molar-refractivity contribution is 6.01. The number of allylic oxidation sites excluding steroid dienone is 1. The van der Waals surface area contributed by atoms with Crippen molar-refractivity contribution < 1.29 is 23.5 Å². The Morgan fingerprint density at radius 1 is 1.32 bits per heavy atom. The molecule has 2 rings (SSSR count). The molecule has 22 heavy (non-hydrogen) atoms. The molecule has 0 spiro atoms. The summed E-state index contributed by atoms with van der Waals surface area (Å²) in [7, 11) is 1.18. The van der Waals surface area contributed by atoms with Crippen LogP contribution in [0.25, 0.3) is 0 Å². The third-order valence-corrected chi connectivity index (χ3v) is 3.39. The average molecular weight is 306 g/mol. The molecular weight excluding hydrogens is 291 g/mol. The number of carbonyl (C=O) groups excluding carboxylic acids is 3. The number of ether oxygens (including phenoxy) is 1. The highest BCUT2D eigenvalue weighted by atomic mass is 19.1. The number of rotatable bonds is 2. The molecule has 1 aromatic carbocycles. The quantitative estimate of drug-likeness (QED) is 0.847. The first-order valence-corrected chi connectivity index (χ1v) is 6.52. The lowest BCUT2D eigenvalue weighted by molar-refractivity contribution is -0.137. The normalized spacial score (nSPS) is 18.1. The number of esters is 1. The van der Waals surface area contributed by atoms with Crippen molar-refractivity contribution in [2.45, 2.75) is 19.9 Å². The molecule has 1 aromatic rings. The van der Waals surface area contributed by atoms with Gasteiger partial charge in [-0.05, 0) is 13.0 Å². The molecule has 1 aliphatic rings. The number of urea groups is 1. The molecule has 7 heteroatoms. The Hall–Kier alpha value is -2.70. The van der Waals surface area contributed by atoms with E-state index in [-0.39, 0.29) is 16.8 Å². The topological polar surface area (TPSA) is 75.7 Å². The Morgan fingerprint density at radius 3 is 2.50 bits per heavy atom. The van der Waals surface area contributed by atoms with Crippen LogP contribution in [0.3, 0.4) is 0 Å². The molecule has 1 atom stereocenters. The summed E-state index contributed by atoms with van der Waals surface area (Å²) in [6.45, 7) is 2.67. The summed E-state index contributed by atoms with van der Waals surface area (Å²) >= 11 is 0. The van der Waals surface area contributed by atoms with Gasteiger partial charge in [-0.3, -0.25) is 9.69 Å². The number of nitrogens with zero attached hydrogens (tertiary/aromatic N) is 1. The summed E-state index contributed by atoms with van der Waals surface area (Å²) < 4.78 is 18.9. The van der Waals surface area contributed by atoms with E-state index in [2.05, 4.69) is 5.32 Å². The first kappa shape index (κ1) is 15.7.